The highest BCUT2D eigenvalue weighted by Crippen LogP contribution is 2.53. The molecule has 2 aliphatic carbocycles. The second-order valence-corrected chi connectivity index (χ2v) is 17.1. The molecule has 3 fully saturated rings. The van der Waals surface area contributed by atoms with Crippen LogP contribution in [-0.2, 0) is 33.0 Å². The number of piperazine rings is 1. The van der Waals surface area contributed by atoms with Crippen molar-refractivity contribution in [3.8, 4) is 16.9 Å². The molecule has 6 rings (SSSR count). The number of benzene rings is 2. The number of amides is 2. The van der Waals surface area contributed by atoms with Crippen LogP contribution in [0.25, 0.3) is 11.1 Å². The highest BCUT2D eigenvalue weighted by Gasteiger charge is 2.48. The van der Waals surface area contributed by atoms with Crippen LogP contribution in [0.2, 0.25) is 10.0 Å². The molecule has 328 valence electrons. The van der Waals surface area contributed by atoms with E-state index in [9.17, 15) is 30.0 Å². The number of unbranched alkanes of at least 4 members (excludes halogenated alkanes) is 1. The number of aliphatic hydroxyl groups is 5. The number of aliphatic hydroxyl groups excluding tert-OH is 5. The van der Waals surface area contributed by atoms with Gasteiger partial charge in [0.15, 0.2) is 0 Å². The van der Waals surface area contributed by atoms with Crippen LogP contribution in [0.15, 0.2) is 54.9 Å². The van der Waals surface area contributed by atoms with Gasteiger partial charge in [0.1, 0.15) is 30.2 Å². The van der Waals surface area contributed by atoms with Crippen LogP contribution in [0.5, 0.6) is 5.75 Å². The molecule has 1 saturated heterocycles. The lowest BCUT2D eigenvalue weighted by Gasteiger charge is -2.35. The number of pyridine rings is 1. The van der Waals surface area contributed by atoms with Crippen molar-refractivity contribution in [2.45, 2.75) is 94.1 Å². The molecule has 16 heteroatoms. The van der Waals surface area contributed by atoms with E-state index < -0.39 is 36.6 Å². The first-order valence-electron chi connectivity index (χ1n) is 21.0. The molecule has 0 radical (unpaired) electrons. The van der Waals surface area contributed by atoms with Crippen LogP contribution in [-0.4, -0.2) is 154 Å². The number of nitrogens with one attached hydrogen (secondary N) is 1. The summed E-state index contributed by atoms with van der Waals surface area (Å²) in [5.41, 5.74) is 4.46. The number of aryl methyl sites for hydroxylation is 1. The zero-order chi connectivity index (χ0) is 42.8. The Hall–Kier alpha value is -3.41. The van der Waals surface area contributed by atoms with E-state index in [4.69, 9.17) is 37.8 Å². The molecule has 1 aliphatic heterocycles. The van der Waals surface area contributed by atoms with E-state index in [-0.39, 0.29) is 31.0 Å². The van der Waals surface area contributed by atoms with Gasteiger partial charge in [0.05, 0.1) is 31.5 Å². The standard InChI is InChI=1S/C44H59Cl2N5O9/c1-49(25-37(53)42(57)43(58)38(54)27-52)41(56)26-51-20-18-50(19-21-51)17-16-48-40(55)9-5-2-6-29-22-36(46)30(23-35(29)45)28-59-44(13-14-44)34-24-47-15-12-32(34)33-7-3-4-8-39(33)60-31-10-11-31/h3-4,7-8,12,15,22-24,31,37-38,42-43,52-54,57-58H,2,5-6,9-11,13-14,16-21,25-28H2,1H3,(H,48,55). The Morgan fingerprint density at radius 2 is 1.62 bits per heavy atom. The summed E-state index contributed by atoms with van der Waals surface area (Å²) in [6, 6.07) is 14.0. The van der Waals surface area contributed by atoms with Gasteiger partial charge >= 0.3 is 0 Å². The highest BCUT2D eigenvalue weighted by atomic mass is 35.5. The monoisotopic (exact) mass is 871 g/mol. The zero-order valence-electron chi connectivity index (χ0n) is 34.2. The number of carbonyl (C=O) groups excluding carboxylic acids is 2. The van der Waals surface area contributed by atoms with E-state index in [1.54, 1.807) is 0 Å². The Morgan fingerprint density at radius 3 is 2.33 bits per heavy atom. The maximum absolute atomic E-state index is 12.7. The fourth-order valence-corrected chi connectivity index (χ4v) is 8.00. The summed E-state index contributed by atoms with van der Waals surface area (Å²) in [5, 5.41) is 52.7. The maximum atomic E-state index is 12.7. The molecule has 4 unspecified atom stereocenters. The Morgan fingerprint density at radius 1 is 0.933 bits per heavy atom. The quantitative estimate of drug-likeness (QED) is 0.0766. The van der Waals surface area contributed by atoms with Gasteiger partial charge in [-0.15, -0.1) is 0 Å². The molecule has 2 saturated carbocycles. The van der Waals surface area contributed by atoms with Crippen LogP contribution < -0.4 is 10.1 Å². The fraction of sp³-hybridized carbons (Fsp3) is 0.568. The molecule has 14 nitrogen and oxygen atoms in total. The molecule has 0 spiro atoms. The minimum atomic E-state index is -1.75. The van der Waals surface area contributed by atoms with Crippen molar-refractivity contribution in [3.05, 3.63) is 81.6 Å². The van der Waals surface area contributed by atoms with E-state index in [0.717, 1.165) is 78.8 Å². The maximum Gasteiger partial charge on any atom is 0.236 e. The number of hydrogen-bond donors (Lipinski definition) is 6. The summed E-state index contributed by atoms with van der Waals surface area (Å²) >= 11 is 13.5. The van der Waals surface area contributed by atoms with Crippen LogP contribution >= 0.6 is 23.2 Å². The van der Waals surface area contributed by atoms with Crippen molar-refractivity contribution in [3.63, 3.8) is 0 Å². The zero-order valence-corrected chi connectivity index (χ0v) is 35.7. The number of aromatic nitrogens is 1. The molecule has 3 aliphatic rings. The summed E-state index contributed by atoms with van der Waals surface area (Å²) in [5.74, 6) is 0.616. The van der Waals surface area contributed by atoms with E-state index in [1.165, 1.54) is 11.9 Å². The highest BCUT2D eigenvalue weighted by molar-refractivity contribution is 6.34. The molecule has 6 N–H and O–H groups in total. The normalized spacial score (nSPS) is 18.7. The first kappa shape index (κ1) is 46.1. The van der Waals surface area contributed by atoms with E-state index in [1.807, 2.05) is 53.7 Å². The van der Waals surface area contributed by atoms with Crippen molar-refractivity contribution < 1.29 is 44.6 Å². The van der Waals surface area contributed by atoms with E-state index in [0.29, 0.717) is 62.1 Å². The van der Waals surface area contributed by atoms with Crippen molar-refractivity contribution in [1.29, 1.82) is 0 Å². The third-order valence-corrected chi connectivity index (χ3v) is 12.3. The van der Waals surface area contributed by atoms with Crippen LogP contribution in [0, 0.1) is 0 Å². The summed E-state index contributed by atoms with van der Waals surface area (Å²) in [4.78, 5) is 35.3. The number of para-hydroxylation sites is 1. The van der Waals surface area contributed by atoms with Gasteiger partial charge in [0, 0.05) is 92.8 Å². The minimum absolute atomic E-state index is 0.00528. The van der Waals surface area contributed by atoms with Gasteiger partial charge in [0.25, 0.3) is 0 Å². The SMILES string of the molecule is CN(CC(O)C(O)C(O)C(O)CO)C(=O)CN1CCN(CCNC(=O)CCCCc2cc(Cl)c(COC3(c4cnccc4-c4ccccc4OC4CC4)CC3)cc2Cl)CC1. The predicted octanol–water partition coefficient (Wildman–Crippen LogP) is 3.14. The fourth-order valence-electron chi connectivity index (χ4n) is 7.48. The Labute approximate surface area is 362 Å². The van der Waals surface area contributed by atoms with Gasteiger partial charge in [-0.3, -0.25) is 24.4 Å². The van der Waals surface area contributed by atoms with Gasteiger partial charge in [-0.1, -0.05) is 41.4 Å². The molecule has 60 heavy (non-hydrogen) atoms. The molecule has 2 heterocycles. The number of ether oxygens (including phenoxy) is 2. The molecule has 3 aromatic rings. The molecular weight excluding hydrogens is 813 g/mol. The van der Waals surface area contributed by atoms with Crippen LogP contribution in [0.4, 0.5) is 0 Å². The van der Waals surface area contributed by atoms with E-state index >= 15 is 0 Å². The van der Waals surface area contributed by atoms with Crippen molar-refractivity contribution in [2.75, 3.05) is 66.0 Å². The first-order valence-corrected chi connectivity index (χ1v) is 21.7. The third kappa shape index (κ3) is 12.6. The summed E-state index contributed by atoms with van der Waals surface area (Å²) in [6.45, 7) is 3.39. The smallest absolute Gasteiger partial charge is 0.236 e. The molecule has 2 amide bonds. The second-order valence-electron chi connectivity index (χ2n) is 16.3. The topological polar surface area (TPSA) is 188 Å². The lowest BCUT2D eigenvalue weighted by molar-refractivity contribution is -0.139. The van der Waals surface area contributed by atoms with Crippen LogP contribution in [0.3, 0.4) is 0 Å². The Kier molecular flexibility index (Phi) is 16.6. The molecule has 0 bridgehead atoms. The molecular formula is C44H59Cl2N5O9. The third-order valence-electron chi connectivity index (χ3n) is 11.6. The van der Waals surface area contributed by atoms with Crippen molar-refractivity contribution in [1.82, 2.24) is 25.0 Å². The lowest BCUT2D eigenvalue weighted by atomic mass is 9.96. The number of halogens is 2. The van der Waals surface area contributed by atoms with Gasteiger partial charge in [-0.05, 0) is 85.9 Å². The molecule has 1 aromatic heterocycles. The van der Waals surface area contributed by atoms with Crippen LogP contribution in [0.1, 0.15) is 61.6 Å². The van der Waals surface area contributed by atoms with Crippen molar-refractivity contribution >= 4 is 35.0 Å². The van der Waals surface area contributed by atoms with Gasteiger partial charge in [-0.2, -0.15) is 0 Å². The van der Waals surface area contributed by atoms with E-state index in [2.05, 4.69) is 21.3 Å². The lowest BCUT2D eigenvalue weighted by Crippen LogP contribution is -2.53. The summed E-state index contributed by atoms with van der Waals surface area (Å²) in [7, 11) is 1.49. The van der Waals surface area contributed by atoms with Crippen molar-refractivity contribution in [2.24, 2.45) is 0 Å². The molecule has 2 aromatic carbocycles. The number of likely N-dealkylation sites (N-methyl/N-ethyl adjacent to an activating group) is 1. The number of nitrogens with zero attached hydrogens (tertiary/aromatic N) is 4. The average Bonchev–Trinajstić information content (AvgIpc) is 4.20. The predicted molar refractivity (Wildman–Crippen MR) is 228 cm³/mol. The summed E-state index contributed by atoms with van der Waals surface area (Å²) < 4.78 is 12.9. The van der Waals surface area contributed by atoms with Gasteiger partial charge < -0.3 is 45.2 Å². The molecule has 4 atom stereocenters. The van der Waals surface area contributed by atoms with Gasteiger partial charge in [0.2, 0.25) is 11.8 Å². The Bertz CT molecular complexity index is 1890. The Balaban J connectivity index is 0.866. The number of rotatable bonds is 23. The van der Waals surface area contributed by atoms with Gasteiger partial charge in [-0.25, -0.2) is 0 Å². The minimum Gasteiger partial charge on any atom is -0.490 e. The number of carbonyl (C=O) groups is 2. The second kappa shape index (κ2) is 21.6. The first-order chi connectivity index (χ1) is 28.9. The summed E-state index contributed by atoms with van der Waals surface area (Å²) in [6.07, 6.45) is 3.95. The number of hydrogen-bond acceptors (Lipinski definition) is 12. The average molecular weight is 873 g/mol. The largest absolute Gasteiger partial charge is 0.490 e.